The van der Waals surface area contributed by atoms with Crippen LogP contribution in [0.3, 0.4) is 0 Å². The van der Waals surface area contributed by atoms with Gasteiger partial charge in [-0.15, -0.1) is 0 Å². The van der Waals surface area contributed by atoms with Crippen molar-refractivity contribution in [2.75, 3.05) is 4.90 Å². The van der Waals surface area contributed by atoms with Gasteiger partial charge in [-0.2, -0.15) is 5.11 Å². The highest BCUT2D eigenvalue weighted by molar-refractivity contribution is 6.25. The summed E-state index contributed by atoms with van der Waals surface area (Å²) in [7, 11) is 0. The van der Waals surface area contributed by atoms with E-state index in [1.54, 1.807) is 6.92 Å². The molecular formula is C24H22FN5O4. The molecule has 2 amide bonds. The third kappa shape index (κ3) is 3.81. The zero-order chi connectivity index (χ0) is 24.0. The Labute approximate surface area is 194 Å². The van der Waals surface area contributed by atoms with Crippen LogP contribution in [0.25, 0.3) is 11.5 Å². The lowest BCUT2D eigenvalue weighted by Gasteiger charge is -2.19. The fourth-order valence-corrected chi connectivity index (χ4v) is 4.00. The number of nitrogens with zero attached hydrogens (tertiary/aromatic N) is 5. The maximum Gasteiger partial charge on any atom is 0.263 e. The molecule has 0 N–H and O–H groups in total. The first-order valence-electron chi connectivity index (χ1n) is 10.9. The molecule has 3 aromatic rings. The van der Waals surface area contributed by atoms with E-state index in [1.807, 2.05) is 38.1 Å². The number of hydrogen-bond donors (Lipinski definition) is 0. The number of fused-ring (bicyclic) bond motifs is 1. The Kier molecular flexibility index (Phi) is 5.35. The largest absolute Gasteiger partial charge is 0.491 e. The summed E-state index contributed by atoms with van der Waals surface area (Å²) >= 11 is 0. The van der Waals surface area contributed by atoms with E-state index in [2.05, 4.69) is 15.3 Å². The molecule has 3 heterocycles. The van der Waals surface area contributed by atoms with E-state index in [9.17, 15) is 14.0 Å². The third-order valence-corrected chi connectivity index (χ3v) is 5.62. The summed E-state index contributed by atoms with van der Waals surface area (Å²) in [4.78, 5) is 31.5. The molecule has 0 saturated carbocycles. The van der Waals surface area contributed by atoms with Crippen LogP contribution in [0.15, 0.2) is 63.3 Å². The number of imide groups is 1. The molecule has 2 aromatic carbocycles. The number of rotatable bonds is 6. The van der Waals surface area contributed by atoms with Gasteiger partial charge < -0.3 is 9.15 Å². The second kappa shape index (κ2) is 8.36. The molecule has 1 aromatic heterocycles. The van der Waals surface area contributed by atoms with Gasteiger partial charge in [0.15, 0.2) is 12.1 Å². The highest BCUT2D eigenvalue weighted by Crippen LogP contribution is 2.33. The van der Waals surface area contributed by atoms with Gasteiger partial charge >= 0.3 is 0 Å². The summed E-state index contributed by atoms with van der Waals surface area (Å²) in [6.45, 7) is 5.84. The Morgan fingerprint density at radius 1 is 1.06 bits per heavy atom. The van der Waals surface area contributed by atoms with Gasteiger partial charge in [0.25, 0.3) is 11.8 Å². The van der Waals surface area contributed by atoms with Crippen LogP contribution in [0, 0.1) is 12.7 Å². The summed E-state index contributed by atoms with van der Waals surface area (Å²) < 4.78 is 24.8. The zero-order valence-corrected chi connectivity index (χ0v) is 18.8. The van der Waals surface area contributed by atoms with Gasteiger partial charge in [0.2, 0.25) is 5.89 Å². The maximum atomic E-state index is 13.3. The van der Waals surface area contributed by atoms with E-state index in [0.717, 1.165) is 16.2 Å². The van der Waals surface area contributed by atoms with Crippen molar-refractivity contribution in [3.8, 4) is 17.2 Å². The van der Waals surface area contributed by atoms with Gasteiger partial charge in [0.1, 0.15) is 23.0 Å². The predicted molar refractivity (Wildman–Crippen MR) is 119 cm³/mol. The fraction of sp³-hybridized carbons (Fsp3) is 0.292. The van der Waals surface area contributed by atoms with Crippen LogP contribution in [0.4, 0.5) is 10.1 Å². The van der Waals surface area contributed by atoms with Crippen LogP contribution in [0.5, 0.6) is 5.75 Å². The van der Waals surface area contributed by atoms with Crippen molar-refractivity contribution in [1.82, 2.24) is 9.99 Å². The molecule has 9 nitrogen and oxygen atoms in total. The van der Waals surface area contributed by atoms with E-state index < -0.39 is 29.7 Å². The number of anilines is 1. The molecular weight excluding hydrogens is 441 g/mol. The summed E-state index contributed by atoms with van der Waals surface area (Å²) in [6.07, 6.45) is 0.0732. The van der Waals surface area contributed by atoms with Gasteiger partial charge in [0.05, 0.1) is 18.3 Å². The van der Waals surface area contributed by atoms with Crippen LogP contribution < -0.4 is 9.64 Å². The quantitative estimate of drug-likeness (QED) is 0.511. The molecule has 0 aliphatic carbocycles. The fourth-order valence-electron chi connectivity index (χ4n) is 4.00. The standard InChI is InChI=1S/C24H22FN5O4/c1-13(2)33-18-10-4-15(5-11-18)22-26-19(14(3)34-22)12-29-21-20(27-28-29)23(31)30(24(21)32)17-8-6-16(25)7-9-17/h4-11,13,20-21H,12H2,1-3H3/t20-,21+/m1/s1. The smallest absolute Gasteiger partial charge is 0.263 e. The number of aryl methyl sites for hydroxylation is 1. The molecule has 174 valence electrons. The average molecular weight is 463 g/mol. The molecule has 2 aliphatic rings. The van der Waals surface area contributed by atoms with Crippen molar-refractivity contribution >= 4 is 17.5 Å². The SMILES string of the molecule is Cc1oc(-c2ccc(OC(C)C)cc2)nc1CN1N=N[C@H]2C(=O)N(c3ccc(F)cc3)C(=O)[C@H]21. The summed E-state index contributed by atoms with van der Waals surface area (Å²) in [5, 5.41) is 9.52. The van der Waals surface area contributed by atoms with Gasteiger partial charge in [0, 0.05) is 5.56 Å². The van der Waals surface area contributed by atoms with Gasteiger partial charge in [-0.1, -0.05) is 5.22 Å². The predicted octanol–water partition coefficient (Wildman–Crippen LogP) is 4.07. The molecule has 1 fully saturated rings. The first-order valence-corrected chi connectivity index (χ1v) is 10.9. The normalized spacial score (nSPS) is 19.4. The number of hydrogen-bond acceptors (Lipinski definition) is 8. The molecule has 5 rings (SSSR count). The molecule has 2 atom stereocenters. The Morgan fingerprint density at radius 2 is 1.76 bits per heavy atom. The van der Waals surface area contributed by atoms with Crippen molar-refractivity contribution in [2.45, 2.75) is 45.5 Å². The number of carbonyl (C=O) groups is 2. The van der Waals surface area contributed by atoms with Crippen molar-refractivity contribution < 1.29 is 23.1 Å². The molecule has 0 unspecified atom stereocenters. The molecule has 10 heteroatoms. The molecule has 0 bridgehead atoms. The second-order valence-electron chi connectivity index (χ2n) is 8.39. The Balaban J connectivity index is 1.34. The monoisotopic (exact) mass is 463 g/mol. The van der Waals surface area contributed by atoms with Crippen LogP contribution >= 0.6 is 0 Å². The molecule has 0 spiro atoms. The number of benzene rings is 2. The lowest BCUT2D eigenvalue weighted by atomic mass is 10.1. The lowest BCUT2D eigenvalue weighted by Crippen LogP contribution is -2.39. The van der Waals surface area contributed by atoms with Gasteiger partial charge in [-0.25, -0.2) is 14.3 Å². The van der Waals surface area contributed by atoms with Crippen LogP contribution in [0.2, 0.25) is 0 Å². The van der Waals surface area contributed by atoms with E-state index >= 15 is 0 Å². The third-order valence-electron chi connectivity index (χ3n) is 5.62. The summed E-state index contributed by atoms with van der Waals surface area (Å²) in [5.41, 5.74) is 1.66. The van der Waals surface area contributed by atoms with Crippen molar-refractivity contribution in [2.24, 2.45) is 10.3 Å². The average Bonchev–Trinajstić information content (AvgIpc) is 3.45. The lowest BCUT2D eigenvalue weighted by molar-refractivity contribution is -0.123. The van der Waals surface area contributed by atoms with Crippen molar-refractivity contribution in [3.05, 3.63) is 65.8 Å². The maximum absolute atomic E-state index is 13.3. The van der Waals surface area contributed by atoms with E-state index in [4.69, 9.17) is 9.15 Å². The van der Waals surface area contributed by atoms with E-state index in [1.165, 1.54) is 29.3 Å². The topological polar surface area (TPSA) is 101 Å². The number of ether oxygens (including phenoxy) is 1. The van der Waals surface area contributed by atoms with E-state index in [-0.39, 0.29) is 12.6 Å². The summed E-state index contributed by atoms with van der Waals surface area (Å²) in [5.74, 6) is 0.342. The Morgan fingerprint density at radius 3 is 2.44 bits per heavy atom. The van der Waals surface area contributed by atoms with Crippen molar-refractivity contribution in [3.63, 3.8) is 0 Å². The second-order valence-corrected chi connectivity index (χ2v) is 8.39. The van der Waals surface area contributed by atoms with Gasteiger partial charge in [-0.3, -0.25) is 14.6 Å². The first-order chi connectivity index (χ1) is 16.3. The number of amides is 2. The number of carbonyl (C=O) groups excluding carboxylic acids is 2. The molecule has 2 aliphatic heterocycles. The molecule has 0 radical (unpaired) electrons. The molecule has 1 saturated heterocycles. The first kappa shape index (κ1) is 21.7. The van der Waals surface area contributed by atoms with Gasteiger partial charge in [-0.05, 0) is 69.3 Å². The van der Waals surface area contributed by atoms with Crippen LogP contribution in [-0.4, -0.2) is 40.0 Å². The minimum atomic E-state index is -0.947. The Bertz CT molecular complexity index is 1270. The number of halogens is 1. The minimum absolute atomic E-state index is 0.0732. The number of oxazole rings is 1. The highest BCUT2D eigenvalue weighted by atomic mass is 19.1. The number of aromatic nitrogens is 1. The zero-order valence-electron chi connectivity index (χ0n) is 18.8. The summed E-state index contributed by atoms with van der Waals surface area (Å²) in [6, 6.07) is 10.8. The Hall–Kier alpha value is -4.08. The van der Waals surface area contributed by atoms with E-state index in [0.29, 0.717) is 23.0 Å². The van der Waals surface area contributed by atoms with Crippen molar-refractivity contribution in [1.29, 1.82) is 0 Å². The molecule has 34 heavy (non-hydrogen) atoms. The minimum Gasteiger partial charge on any atom is -0.491 e. The van der Waals surface area contributed by atoms with Crippen LogP contribution in [0.1, 0.15) is 25.3 Å². The van der Waals surface area contributed by atoms with Crippen LogP contribution in [-0.2, 0) is 16.1 Å². The highest BCUT2D eigenvalue weighted by Gasteiger charge is 2.54.